The van der Waals surface area contributed by atoms with Gasteiger partial charge in [0.2, 0.25) is 0 Å². The van der Waals surface area contributed by atoms with Gasteiger partial charge in [-0.15, -0.1) is 0 Å². The Kier molecular flexibility index (Phi) is 4.91. The first-order valence-corrected chi connectivity index (χ1v) is 7.06. The number of nitrogens with two attached hydrogens (primary N) is 1. The van der Waals surface area contributed by atoms with E-state index in [0.717, 1.165) is 42.9 Å². The summed E-state index contributed by atoms with van der Waals surface area (Å²) in [4.78, 5) is 0. The van der Waals surface area contributed by atoms with E-state index in [0.29, 0.717) is 18.7 Å². The lowest BCUT2D eigenvalue weighted by Gasteiger charge is -2.27. The molecule has 4 heteroatoms. The van der Waals surface area contributed by atoms with Gasteiger partial charge < -0.3 is 20.5 Å². The highest BCUT2D eigenvalue weighted by Gasteiger charge is 2.18. The van der Waals surface area contributed by atoms with Gasteiger partial charge in [0.05, 0.1) is 13.7 Å². The predicted octanol–water partition coefficient (Wildman–Crippen LogP) is 2.78. The van der Waals surface area contributed by atoms with Crippen LogP contribution in [-0.2, 0) is 0 Å². The molecule has 0 aliphatic heterocycles. The van der Waals surface area contributed by atoms with Gasteiger partial charge >= 0.3 is 0 Å². The lowest BCUT2D eigenvalue weighted by molar-refractivity contribution is 0.311. The molecule has 3 N–H and O–H groups in total. The summed E-state index contributed by atoms with van der Waals surface area (Å²) in [7, 11) is 1.67. The van der Waals surface area contributed by atoms with Crippen molar-refractivity contribution in [1.29, 1.82) is 0 Å². The summed E-state index contributed by atoms with van der Waals surface area (Å²) in [5, 5.41) is 3.55. The Bertz CT molecular complexity index is 401. The quantitative estimate of drug-likeness (QED) is 0.858. The zero-order valence-electron chi connectivity index (χ0n) is 11.8. The van der Waals surface area contributed by atoms with Crippen LogP contribution in [0.3, 0.4) is 0 Å². The average Bonchev–Trinajstić information content (AvgIpc) is 2.43. The van der Waals surface area contributed by atoms with Gasteiger partial charge in [0, 0.05) is 23.8 Å². The fourth-order valence-corrected chi connectivity index (χ4v) is 2.53. The minimum Gasteiger partial charge on any atom is -0.493 e. The molecule has 1 saturated carbocycles. The molecule has 0 unspecified atom stereocenters. The number of hydrogen-bond donors (Lipinski definition) is 2. The van der Waals surface area contributed by atoms with Crippen LogP contribution in [0.5, 0.6) is 11.5 Å². The Morgan fingerprint density at radius 3 is 2.58 bits per heavy atom. The molecule has 106 valence electrons. The molecular formula is C15H24N2O2. The molecule has 1 aromatic rings. The van der Waals surface area contributed by atoms with Crippen LogP contribution in [0, 0.1) is 0 Å². The molecule has 19 heavy (non-hydrogen) atoms. The largest absolute Gasteiger partial charge is 0.493 e. The summed E-state index contributed by atoms with van der Waals surface area (Å²) in [6, 6.07) is 6.90. The molecule has 1 aliphatic carbocycles. The van der Waals surface area contributed by atoms with Gasteiger partial charge in [-0.25, -0.2) is 0 Å². The Hall–Kier alpha value is -1.42. The van der Waals surface area contributed by atoms with E-state index in [-0.39, 0.29) is 0 Å². The monoisotopic (exact) mass is 264 g/mol. The maximum absolute atomic E-state index is 5.92. The van der Waals surface area contributed by atoms with Crippen LogP contribution in [0.25, 0.3) is 0 Å². The second kappa shape index (κ2) is 6.66. The molecule has 0 amide bonds. The van der Waals surface area contributed by atoms with E-state index < -0.39 is 0 Å². The van der Waals surface area contributed by atoms with E-state index in [4.69, 9.17) is 15.2 Å². The summed E-state index contributed by atoms with van der Waals surface area (Å²) < 4.78 is 10.9. The highest BCUT2D eigenvalue weighted by Crippen LogP contribution is 2.31. The molecule has 0 saturated heterocycles. The van der Waals surface area contributed by atoms with E-state index in [2.05, 4.69) is 5.32 Å². The molecule has 0 atom stereocenters. The van der Waals surface area contributed by atoms with Crippen molar-refractivity contribution in [3.05, 3.63) is 18.2 Å². The van der Waals surface area contributed by atoms with E-state index in [9.17, 15) is 0 Å². The van der Waals surface area contributed by atoms with Gasteiger partial charge in [-0.05, 0) is 44.7 Å². The highest BCUT2D eigenvalue weighted by molar-refractivity contribution is 5.55. The number of methoxy groups -OCH3 is 1. The van der Waals surface area contributed by atoms with Crippen LogP contribution >= 0.6 is 0 Å². The molecular weight excluding hydrogens is 240 g/mol. The standard InChI is InChI=1S/C15H24N2O2/c1-3-19-14-9-8-13(10-15(14)18-2)17-12-6-4-11(16)5-7-12/h8-12,17H,3-7,16H2,1-2H3. The van der Waals surface area contributed by atoms with Crippen molar-refractivity contribution in [3.63, 3.8) is 0 Å². The van der Waals surface area contributed by atoms with Gasteiger partial charge in [0.15, 0.2) is 11.5 Å². The maximum Gasteiger partial charge on any atom is 0.162 e. The summed E-state index contributed by atoms with van der Waals surface area (Å²) >= 11 is 0. The summed E-state index contributed by atoms with van der Waals surface area (Å²) in [5.74, 6) is 1.57. The second-order valence-corrected chi connectivity index (χ2v) is 5.05. The minimum atomic E-state index is 0.382. The number of benzene rings is 1. The average molecular weight is 264 g/mol. The van der Waals surface area contributed by atoms with Gasteiger partial charge in [-0.3, -0.25) is 0 Å². The topological polar surface area (TPSA) is 56.5 Å². The van der Waals surface area contributed by atoms with Gasteiger partial charge in [0.1, 0.15) is 0 Å². The molecule has 0 aromatic heterocycles. The first-order valence-electron chi connectivity index (χ1n) is 7.06. The fraction of sp³-hybridized carbons (Fsp3) is 0.600. The molecule has 4 nitrogen and oxygen atoms in total. The van der Waals surface area contributed by atoms with Crippen molar-refractivity contribution in [3.8, 4) is 11.5 Å². The van der Waals surface area contributed by atoms with E-state index in [1.54, 1.807) is 7.11 Å². The number of hydrogen-bond acceptors (Lipinski definition) is 4. The molecule has 1 aliphatic rings. The normalized spacial score (nSPS) is 22.9. The van der Waals surface area contributed by atoms with Gasteiger partial charge in [-0.1, -0.05) is 0 Å². The Labute approximate surface area is 115 Å². The van der Waals surface area contributed by atoms with E-state index in [1.165, 1.54) is 0 Å². The number of anilines is 1. The highest BCUT2D eigenvalue weighted by atomic mass is 16.5. The van der Waals surface area contributed by atoms with Crippen LogP contribution in [-0.4, -0.2) is 25.8 Å². The predicted molar refractivity (Wildman–Crippen MR) is 78.0 cm³/mol. The Morgan fingerprint density at radius 1 is 1.21 bits per heavy atom. The zero-order valence-corrected chi connectivity index (χ0v) is 11.8. The van der Waals surface area contributed by atoms with Crippen LogP contribution in [0.15, 0.2) is 18.2 Å². The summed E-state index contributed by atoms with van der Waals surface area (Å²) in [6.45, 7) is 2.61. The van der Waals surface area contributed by atoms with Crippen LogP contribution < -0.4 is 20.5 Å². The third-order valence-corrected chi connectivity index (χ3v) is 3.61. The molecule has 1 fully saturated rings. The lowest BCUT2D eigenvalue weighted by atomic mass is 9.91. The third kappa shape index (κ3) is 3.77. The summed E-state index contributed by atoms with van der Waals surface area (Å²) in [6.07, 6.45) is 4.48. The van der Waals surface area contributed by atoms with Gasteiger partial charge in [-0.2, -0.15) is 0 Å². The molecule has 2 rings (SSSR count). The SMILES string of the molecule is CCOc1ccc(NC2CCC(N)CC2)cc1OC. The van der Waals surface area contributed by atoms with Crippen molar-refractivity contribution in [2.75, 3.05) is 19.0 Å². The van der Waals surface area contributed by atoms with Crippen LogP contribution in [0.1, 0.15) is 32.6 Å². The molecule has 0 bridgehead atoms. The van der Waals surface area contributed by atoms with E-state index in [1.807, 2.05) is 25.1 Å². The molecule has 0 spiro atoms. The molecule has 0 radical (unpaired) electrons. The second-order valence-electron chi connectivity index (χ2n) is 5.05. The van der Waals surface area contributed by atoms with Gasteiger partial charge in [0.25, 0.3) is 0 Å². The Morgan fingerprint density at radius 2 is 1.95 bits per heavy atom. The molecule has 1 aromatic carbocycles. The van der Waals surface area contributed by atoms with Crippen LogP contribution in [0.2, 0.25) is 0 Å². The van der Waals surface area contributed by atoms with Crippen molar-refractivity contribution in [1.82, 2.24) is 0 Å². The van der Waals surface area contributed by atoms with Crippen molar-refractivity contribution < 1.29 is 9.47 Å². The van der Waals surface area contributed by atoms with Crippen molar-refractivity contribution in [2.45, 2.75) is 44.7 Å². The zero-order chi connectivity index (χ0) is 13.7. The molecule has 0 heterocycles. The fourth-order valence-electron chi connectivity index (χ4n) is 2.53. The van der Waals surface area contributed by atoms with Crippen molar-refractivity contribution >= 4 is 5.69 Å². The third-order valence-electron chi connectivity index (χ3n) is 3.61. The lowest BCUT2D eigenvalue weighted by Crippen LogP contribution is -2.32. The smallest absolute Gasteiger partial charge is 0.162 e. The van der Waals surface area contributed by atoms with Crippen molar-refractivity contribution in [2.24, 2.45) is 5.73 Å². The Balaban J connectivity index is 2.00. The number of ether oxygens (including phenoxy) is 2. The number of rotatable bonds is 5. The van der Waals surface area contributed by atoms with Crippen LogP contribution in [0.4, 0.5) is 5.69 Å². The summed E-state index contributed by atoms with van der Waals surface area (Å²) in [5.41, 5.74) is 7.01. The maximum atomic E-state index is 5.92. The minimum absolute atomic E-state index is 0.382. The van der Waals surface area contributed by atoms with E-state index >= 15 is 0 Å². The number of nitrogens with one attached hydrogen (secondary N) is 1. The first-order chi connectivity index (χ1) is 9.22. The first kappa shape index (κ1) is 14.0.